The number of nitrogens with one attached hydrogen (secondary N) is 1. The Kier molecular flexibility index (Phi) is 13.8. The van der Waals surface area contributed by atoms with Crippen LogP contribution < -0.4 is 10.2 Å². The second kappa shape index (κ2) is 19.2. The number of alkyl carbamates (subject to hydrolysis) is 1. The fourth-order valence-electron chi connectivity index (χ4n) is 9.94. The molecule has 0 saturated carbocycles. The van der Waals surface area contributed by atoms with Crippen LogP contribution in [0.4, 0.5) is 20.6 Å². The summed E-state index contributed by atoms with van der Waals surface area (Å²) in [5.74, 6) is -1.78. The number of hydrogen-bond donors (Lipinski definition) is 1. The van der Waals surface area contributed by atoms with Gasteiger partial charge in [-0.15, -0.1) is 0 Å². The van der Waals surface area contributed by atoms with Crippen molar-refractivity contribution in [3.8, 4) is 0 Å². The summed E-state index contributed by atoms with van der Waals surface area (Å²) in [6.45, 7) is 8.73. The van der Waals surface area contributed by atoms with Crippen molar-refractivity contribution < 1.29 is 37.8 Å². The number of benzene rings is 3. The van der Waals surface area contributed by atoms with Crippen molar-refractivity contribution in [1.82, 2.24) is 15.1 Å². The number of ether oxygens (including phenoxy) is 2. The van der Waals surface area contributed by atoms with Gasteiger partial charge in [0.05, 0.1) is 56.4 Å². The summed E-state index contributed by atoms with van der Waals surface area (Å²) in [6, 6.07) is 19.8. The van der Waals surface area contributed by atoms with E-state index < -0.39 is 30.1 Å². The number of carbonyl (C=O) groups excluding carboxylic acids is 5. The van der Waals surface area contributed by atoms with Crippen LogP contribution in [0.3, 0.4) is 0 Å². The first kappa shape index (κ1) is 44.5. The molecule has 3 amide bonds. The lowest BCUT2D eigenvalue weighted by molar-refractivity contribution is -0.149. The van der Waals surface area contributed by atoms with Crippen LogP contribution in [-0.4, -0.2) is 90.6 Å². The van der Waals surface area contributed by atoms with Crippen molar-refractivity contribution in [1.29, 1.82) is 0 Å². The molecule has 3 fully saturated rings. The van der Waals surface area contributed by atoms with Crippen molar-refractivity contribution in [2.45, 2.75) is 116 Å². The molecule has 62 heavy (non-hydrogen) atoms. The van der Waals surface area contributed by atoms with Crippen LogP contribution in [0.2, 0.25) is 0 Å². The number of hydrogen-bond acceptors (Lipinski definition) is 9. The fourth-order valence-corrected chi connectivity index (χ4v) is 9.94. The van der Waals surface area contributed by atoms with Crippen LogP contribution in [0.15, 0.2) is 71.7 Å². The largest absolute Gasteiger partial charge is 0.469 e. The Hall–Kier alpha value is -5.59. The topological polar surface area (TPSA) is 138 Å². The van der Waals surface area contributed by atoms with Crippen LogP contribution in [-0.2, 0) is 41.5 Å². The number of fused-ring (bicyclic) bond motifs is 1. The minimum absolute atomic E-state index is 0.00821. The Labute approximate surface area is 364 Å². The maximum absolute atomic E-state index is 14.3. The standard InChI is InChI=1S/C49H60FN5O7/c1-29(2)37(28-45(57)61-5)47(58)54-24-8-10-43(54)44(56)25-31-11-13-32(14-12-31)40-21-22-41(55(40)36-19-17-35(50)18-20-36)34-16-15-33-26-39(51-38(33)27-34)42-9-7-23-53(42)48(59)46(30(3)4)52-49(60)62-6/h11-20,27,29-30,37,40-43,46H,7-10,21-26,28H2,1-6H3,(H,52,60)/t37-,40+,41+,42-,43?,46-/m0/s1. The summed E-state index contributed by atoms with van der Waals surface area (Å²) in [6.07, 6.45) is 4.90. The lowest BCUT2D eigenvalue weighted by Gasteiger charge is -2.33. The lowest BCUT2D eigenvalue weighted by Crippen LogP contribution is -2.53. The number of aliphatic imine (C=N–C) groups is 1. The van der Waals surface area contributed by atoms with E-state index in [1.165, 1.54) is 26.4 Å². The summed E-state index contributed by atoms with van der Waals surface area (Å²) >= 11 is 0. The van der Waals surface area contributed by atoms with E-state index in [1.807, 2.05) is 56.9 Å². The van der Waals surface area contributed by atoms with Crippen molar-refractivity contribution in [2.24, 2.45) is 22.7 Å². The number of halogens is 1. The van der Waals surface area contributed by atoms with E-state index in [-0.39, 0.29) is 66.2 Å². The average Bonchev–Trinajstić information content (AvgIpc) is 4.10. The average molecular weight is 850 g/mol. The van der Waals surface area contributed by atoms with Crippen LogP contribution in [0.1, 0.15) is 107 Å². The van der Waals surface area contributed by atoms with Gasteiger partial charge in [0.1, 0.15) is 11.9 Å². The van der Waals surface area contributed by atoms with Gasteiger partial charge in [-0.1, -0.05) is 64.1 Å². The zero-order valence-electron chi connectivity index (χ0n) is 36.8. The van der Waals surface area contributed by atoms with Crippen LogP contribution in [0, 0.1) is 23.6 Å². The number of likely N-dealkylation sites (tertiary alicyclic amines) is 2. The molecule has 1 N–H and O–H groups in total. The lowest BCUT2D eigenvalue weighted by atomic mass is 9.90. The molecule has 0 aromatic heterocycles. The van der Waals surface area contributed by atoms with Gasteiger partial charge in [0.25, 0.3) is 0 Å². The molecule has 3 saturated heterocycles. The van der Waals surface area contributed by atoms with E-state index in [2.05, 4.69) is 40.5 Å². The molecule has 330 valence electrons. The van der Waals surface area contributed by atoms with E-state index in [0.717, 1.165) is 71.4 Å². The quantitative estimate of drug-likeness (QED) is 0.162. The smallest absolute Gasteiger partial charge is 0.407 e. The molecule has 1 unspecified atom stereocenters. The van der Waals surface area contributed by atoms with Gasteiger partial charge in [-0.25, -0.2) is 9.18 Å². The Morgan fingerprint density at radius 1 is 0.758 bits per heavy atom. The van der Waals surface area contributed by atoms with E-state index in [0.29, 0.717) is 25.9 Å². The number of nitrogens with zero attached hydrogens (tertiary/aromatic N) is 4. The van der Waals surface area contributed by atoms with Gasteiger partial charge in [-0.3, -0.25) is 24.2 Å². The van der Waals surface area contributed by atoms with Gasteiger partial charge in [0, 0.05) is 37.3 Å². The summed E-state index contributed by atoms with van der Waals surface area (Å²) < 4.78 is 23.9. The van der Waals surface area contributed by atoms with Crippen LogP contribution in [0.5, 0.6) is 0 Å². The highest BCUT2D eigenvalue weighted by Crippen LogP contribution is 2.48. The predicted molar refractivity (Wildman–Crippen MR) is 235 cm³/mol. The zero-order valence-corrected chi connectivity index (χ0v) is 36.8. The third-order valence-electron chi connectivity index (χ3n) is 13.3. The van der Waals surface area contributed by atoms with Crippen molar-refractivity contribution in [2.75, 3.05) is 32.2 Å². The van der Waals surface area contributed by atoms with Gasteiger partial charge in [-0.05, 0) is 103 Å². The maximum Gasteiger partial charge on any atom is 0.407 e. The summed E-state index contributed by atoms with van der Waals surface area (Å²) in [5.41, 5.74) is 6.91. The molecule has 0 aliphatic carbocycles. The molecule has 4 heterocycles. The fraction of sp³-hybridized carbons (Fsp3) is 0.510. The molecule has 6 atom stereocenters. The number of esters is 1. The van der Waals surface area contributed by atoms with Crippen LogP contribution in [0.25, 0.3) is 0 Å². The van der Waals surface area contributed by atoms with Crippen LogP contribution >= 0.6 is 0 Å². The number of amides is 3. The normalized spacial score (nSPS) is 21.8. The highest BCUT2D eigenvalue weighted by Gasteiger charge is 2.41. The molecule has 7 rings (SSSR count). The molecule has 3 aromatic carbocycles. The van der Waals surface area contributed by atoms with E-state index >= 15 is 0 Å². The molecule has 0 spiro atoms. The number of ketones is 1. The molecule has 0 bridgehead atoms. The van der Waals surface area contributed by atoms with Gasteiger partial charge in [0.2, 0.25) is 11.8 Å². The minimum atomic E-state index is -0.700. The van der Waals surface area contributed by atoms with Crippen molar-refractivity contribution in [3.63, 3.8) is 0 Å². The molecule has 12 nitrogen and oxygen atoms in total. The van der Waals surface area contributed by atoms with Gasteiger partial charge >= 0.3 is 12.1 Å². The Morgan fingerprint density at radius 2 is 1.42 bits per heavy atom. The summed E-state index contributed by atoms with van der Waals surface area (Å²) in [5, 5.41) is 2.73. The first-order chi connectivity index (χ1) is 29.8. The molecule has 0 radical (unpaired) electrons. The molecule has 3 aromatic rings. The zero-order chi connectivity index (χ0) is 44.2. The van der Waals surface area contributed by atoms with Gasteiger partial charge in [-0.2, -0.15) is 0 Å². The first-order valence-corrected chi connectivity index (χ1v) is 22.2. The number of Topliss-reactive ketones (excluding diaryl/α,β-unsaturated/α-hetero) is 1. The maximum atomic E-state index is 14.3. The third kappa shape index (κ3) is 9.41. The SMILES string of the molecule is COC(=O)C[C@H](C(=O)N1CCCC1C(=O)Cc1ccc([C@H]2CC[C@H](c3ccc4c(c3)N=C([C@@H]3CCCN3C(=O)[C@@H](NC(=O)OC)C(C)C)C4)N2c2ccc(F)cc2)cc1)C(C)C. The van der Waals surface area contributed by atoms with E-state index in [1.54, 1.807) is 4.90 Å². The Morgan fingerprint density at radius 3 is 2.08 bits per heavy atom. The molecular formula is C49H60FN5O7. The molecule has 4 aliphatic heterocycles. The number of rotatable bonds is 14. The second-order valence-electron chi connectivity index (χ2n) is 17.9. The predicted octanol–water partition coefficient (Wildman–Crippen LogP) is 7.85. The third-order valence-corrected chi connectivity index (χ3v) is 13.3. The van der Waals surface area contributed by atoms with Gasteiger partial charge in [0.15, 0.2) is 5.78 Å². The van der Waals surface area contributed by atoms with Gasteiger partial charge < -0.3 is 29.5 Å². The Balaban J connectivity index is 1.07. The van der Waals surface area contributed by atoms with Crippen molar-refractivity contribution >= 4 is 46.7 Å². The molecule has 4 aliphatic rings. The first-order valence-electron chi connectivity index (χ1n) is 22.2. The molecular weight excluding hydrogens is 790 g/mol. The molecule has 13 heteroatoms. The number of carbonyl (C=O) groups is 5. The van der Waals surface area contributed by atoms with E-state index in [9.17, 15) is 28.4 Å². The highest BCUT2D eigenvalue weighted by molar-refractivity contribution is 6.01. The minimum Gasteiger partial charge on any atom is -0.469 e. The highest BCUT2D eigenvalue weighted by atomic mass is 19.1. The number of methoxy groups -OCH3 is 2. The summed E-state index contributed by atoms with van der Waals surface area (Å²) in [7, 11) is 2.61. The number of anilines is 1. The van der Waals surface area contributed by atoms with Crippen molar-refractivity contribution in [3.05, 3.63) is 94.8 Å². The summed E-state index contributed by atoms with van der Waals surface area (Å²) in [4.78, 5) is 76.4. The second-order valence-corrected chi connectivity index (χ2v) is 17.9. The van der Waals surface area contributed by atoms with E-state index in [4.69, 9.17) is 14.5 Å². The Bertz CT molecular complexity index is 2170. The monoisotopic (exact) mass is 849 g/mol.